The Balaban J connectivity index is 1.70. The number of nitriles is 1. The number of amides is 1. The number of hydrogen-bond acceptors (Lipinski definition) is 5. The van der Waals surface area contributed by atoms with Crippen LogP contribution in [-0.2, 0) is 10.3 Å². The van der Waals surface area contributed by atoms with Crippen LogP contribution in [0.15, 0.2) is 71.7 Å². The lowest BCUT2D eigenvalue weighted by atomic mass is 9.72. The molecule has 7 heteroatoms. The highest BCUT2D eigenvalue weighted by molar-refractivity contribution is 6.30. The Kier molecular flexibility index (Phi) is 4.65. The van der Waals surface area contributed by atoms with Crippen molar-refractivity contribution in [1.29, 1.82) is 5.26 Å². The van der Waals surface area contributed by atoms with Crippen molar-refractivity contribution >= 4 is 23.5 Å². The number of nitrogens with zero attached hydrogens (tertiary/aromatic N) is 2. The zero-order chi connectivity index (χ0) is 22.5. The van der Waals surface area contributed by atoms with Gasteiger partial charge >= 0.3 is 0 Å². The van der Waals surface area contributed by atoms with Crippen molar-refractivity contribution < 1.29 is 9.53 Å². The normalized spacial score (nSPS) is 23.7. The van der Waals surface area contributed by atoms with Crippen LogP contribution in [0.2, 0.25) is 5.02 Å². The van der Waals surface area contributed by atoms with Crippen molar-refractivity contribution in [2.45, 2.75) is 18.6 Å². The van der Waals surface area contributed by atoms with Crippen molar-refractivity contribution in [1.82, 2.24) is 5.32 Å². The van der Waals surface area contributed by atoms with Crippen molar-refractivity contribution in [2.24, 2.45) is 16.6 Å². The lowest BCUT2D eigenvalue weighted by Gasteiger charge is -2.42. The quantitative estimate of drug-likeness (QED) is 0.618. The maximum atomic E-state index is 13.3. The van der Waals surface area contributed by atoms with Crippen molar-refractivity contribution in [3.8, 4) is 22.9 Å². The molecule has 1 amide bonds. The van der Waals surface area contributed by atoms with E-state index in [4.69, 9.17) is 22.1 Å². The minimum Gasteiger partial charge on any atom is -0.485 e. The lowest BCUT2D eigenvalue weighted by Crippen LogP contribution is -2.48. The molecule has 1 unspecified atom stereocenters. The second kappa shape index (κ2) is 7.40. The highest BCUT2D eigenvalue weighted by atomic mass is 35.5. The molecule has 3 N–H and O–H groups in total. The van der Waals surface area contributed by atoms with Crippen LogP contribution in [0.3, 0.4) is 0 Å². The van der Waals surface area contributed by atoms with E-state index < -0.39 is 11.6 Å². The molecule has 0 aromatic heterocycles. The molecule has 2 heterocycles. The van der Waals surface area contributed by atoms with Gasteiger partial charge in [0.1, 0.15) is 11.9 Å². The maximum Gasteiger partial charge on any atom is 0.259 e. The topological polar surface area (TPSA) is 100 Å². The smallest absolute Gasteiger partial charge is 0.259 e. The number of benzene rings is 3. The van der Waals surface area contributed by atoms with Crippen LogP contribution in [0.5, 0.6) is 5.75 Å². The number of aliphatic imine (C=N–C) groups is 1. The van der Waals surface area contributed by atoms with Crippen LogP contribution in [0, 0.1) is 17.2 Å². The second-order valence-electron chi connectivity index (χ2n) is 8.00. The number of fused-ring (bicyclic) bond motifs is 2. The first kappa shape index (κ1) is 20.1. The van der Waals surface area contributed by atoms with Gasteiger partial charge in [0.2, 0.25) is 0 Å². The van der Waals surface area contributed by atoms with Crippen LogP contribution in [0.1, 0.15) is 29.7 Å². The first-order valence-corrected chi connectivity index (χ1v) is 10.5. The van der Waals surface area contributed by atoms with Crippen LogP contribution < -0.4 is 15.8 Å². The van der Waals surface area contributed by atoms with Gasteiger partial charge in [-0.25, -0.2) is 4.99 Å². The highest BCUT2D eigenvalue weighted by Gasteiger charge is 2.56. The molecular weight excluding hydrogens is 424 g/mol. The van der Waals surface area contributed by atoms with Crippen molar-refractivity contribution in [3.63, 3.8) is 0 Å². The van der Waals surface area contributed by atoms with Gasteiger partial charge in [-0.05, 0) is 53.1 Å². The number of carbonyl (C=O) groups is 1. The second-order valence-corrected chi connectivity index (χ2v) is 8.44. The Bertz CT molecular complexity index is 1330. The minimum absolute atomic E-state index is 0.0800. The Morgan fingerprint density at radius 3 is 2.62 bits per heavy atom. The summed E-state index contributed by atoms with van der Waals surface area (Å²) >= 11 is 6.22. The van der Waals surface area contributed by atoms with Gasteiger partial charge in [0, 0.05) is 16.5 Å². The van der Waals surface area contributed by atoms with Crippen LogP contribution >= 0.6 is 11.6 Å². The average Bonchev–Trinajstić information content (AvgIpc) is 3.10. The summed E-state index contributed by atoms with van der Waals surface area (Å²) in [6.07, 6.45) is -0.450. The van der Waals surface area contributed by atoms with E-state index in [1.54, 1.807) is 12.1 Å². The predicted octanol–water partition coefficient (Wildman–Crippen LogP) is 4.29. The van der Waals surface area contributed by atoms with E-state index >= 15 is 0 Å². The van der Waals surface area contributed by atoms with Crippen LogP contribution in [-0.4, -0.2) is 11.9 Å². The molecule has 0 bridgehead atoms. The molecule has 6 nitrogen and oxygen atoms in total. The summed E-state index contributed by atoms with van der Waals surface area (Å²) in [6.45, 7) is 1.93. The van der Waals surface area contributed by atoms with E-state index in [-0.39, 0.29) is 17.8 Å². The molecule has 3 atom stereocenters. The molecule has 3 aromatic carbocycles. The number of halogens is 1. The van der Waals surface area contributed by atoms with E-state index in [0.29, 0.717) is 21.9 Å². The van der Waals surface area contributed by atoms with E-state index in [0.717, 1.165) is 16.7 Å². The number of ether oxygens (including phenoxy) is 1. The number of carbonyl (C=O) groups excluding carboxylic acids is 1. The molecule has 1 spiro atoms. The highest BCUT2D eigenvalue weighted by Crippen LogP contribution is 2.53. The summed E-state index contributed by atoms with van der Waals surface area (Å²) in [5, 5.41) is 12.5. The van der Waals surface area contributed by atoms with E-state index in [2.05, 4.69) is 16.4 Å². The summed E-state index contributed by atoms with van der Waals surface area (Å²) in [4.78, 5) is 17.9. The predicted molar refractivity (Wildman–Crippen MR) is 122 cm³/mol. The third kappa shape index (κ3) is 3.02. The van der Waals surface area contributed by atoms with Gasteiger partial charge in [0.25, 0.3) is 5.91 Å². The number of hydrogen-bond donors (Lipinski definition) is 2. The summed E-state index contributed by atoms with van der Waals surface area (Å²) in [6, 6.07) is 22.5. The fourth-order valence-electron chi connectivity index (χ4n) is 4.59. The number of nitrogens with one attached hydrogen (secondary N) is 1. The molecule has 2 aliphatic heterocycles. The maximum absolute atomic E-state index is 13.3. The fraction of sp³-hybridized carbons (Fsp3) is 0.160. The fourth-order valence-corrected chi connectivity index (χ4v) is 4.79. The number of guanidine groups is 1. The van der Waals surface area contributed by atoms with Gasteiger partial charge in [0.05, 0.1) is 11.6 Å². The van der Waals surface area contributed by atoms with Gasteiger partial charge in [-0.2, -0.15) is 5.26 Å². The average molecular weight is 443 g/mol. The first-order chi connectivity index (χ1) is 15.4. The molecule has 0 radical (unpaired) electrons. The van der Waals surface area contributed by atoms with Crippen LogP contribution in [0.25, 0.3) is 11.1 Å². The zero-order valence-corrected chi connectivity index (χ0v) is 17.9. The molecule has 0 aliphatic carbocycles. The summed E-state index contributed by atoms with van der Waals surface area (Å²) in [7, 11) is 0. The molecule has 0 fully saturated rings. The Hall–Kier alpha value is -3.82. The van der Waals surface area contributed by atoms with E-state index in [1.165, 1.54) is 0 Å². The molecule has 32 heavy (non-hydrogen) atoms. The van der Waals surface area contributed by atoms with Gasteiger partial charge in [-0.15, -0.1) is 0 Å². The number of nitrogens with two attached hydrogens (primary N) is 1. The SMILES string of the molecule is CC1[C@H](c2cccc(Cl)c2)Oc2ccc(-c3cccc(C#N)c3)cc2[C@]12N=C(N)NC2=O. The Morgan fingerprint density at radius 2 is 1.91 bits per heavy atom. The number of rotatable bonds is 2. The van der Waals surface area contributed by atoms with Gasteiger partial charge in [0.15, 0.2) is 11.5 Å². The molecule has 0 saturated heterocycles. The van der Waals surface area contributed by atoms with Crippen LogP contribution in [0.4, 0.5) is 0 Å². The zero-order valence-electron chi connectivity index (χ0n) is 17.2. The van der Waals surface area contributed by atoms with E-state index in [9.17, 15) is 10.1 Å². The van der Waals surface area contributed by atoms with Gasteiger partial charge in [-0.3, -0.25) is 10.1 Å². The molecular formula is C25H19ClN4O2. The van der Waals surface area contributed by atoms with Gasteiger partial charge < -0.3 is 10.5 Å². The standard InChI is InChI=1S/C25H19ClN4O2/c1-14-22(18-6-3-7-19(26)11-18)32-21-9-8-17(16-5-2-4-15(10-16)13-27)12-20(21)25(14)23(31)29-24(28)30-25/h2-12,14,22H,1H3,(H3,28,29,30,31)/t14?,22-,25-/m1/s1. The summed E-state index contributed by atoms with van der Waals surface area (Å²) < 4.78 is 6.39. The van der Waals surface area contributed by atoms with Crippen molar-refractivity contribution in [2.75, 3.05) is 0 Å². The third-order valence-corrected chi connectivity index (χ3v) is 6.38. The summed E-state index contributed by atoms with van der Waals surface area (Å²) in [5.41, 5.74) is 8.49. The van der Waals surface area contributed by atoms with E-state index in [1.807, 2.05) is 61.5 Å². The molecule has 3 aromatic rings. The monoisotopic (exact) mass is 442 g/mol. The van der Waals surface area contributed by atoms with Gasteiger partial charge in [-0.1, -0.05) is 48.9 Å². The molecule has 0 saturated carbocycles. The molecule has 2 aliphatic rings. The largest absolute Gasteiger partial charge is 0.485 e. The Labute approximate surface area is 190 Å². The minimum atomic E-state index is -1.24. The third-order valence-electron chi connectivity index (χ3n) is 6.14. The summed E-state index contributed by atoms with van der Waals surface area (Å²) in [5.74, 6) is -0.0181. The molecule has 5 rings (SSSR count). The Morgan fingerprint density at radius 1 is 1.12 bits per heavy atom. The lowest BCUT2D eigenvalue weighted by molar-refractivity contribution is -0.128. The molecule has 158 valence electrons. The first-order valence-electron chi connectivity index (χ1n) is 10.2. The van der Waals surface area contributed by atoms with Crippen molar-refractivity contribution in [3.05, 3.63) is 88.4 Å².